The first-order valence-corrected chi connectivity index (χ1v) is 12.4. The number of aromatic nitrogens is 1. The van der Waals surface area contributed by atoms with E-state index in [1.807, 2.05) is 0 Å². The Balaban J connectivity index is 1.45. The van der Waals surface area contributed by atoms with Gasteiger partial charge in [-0.15, -0.1) is 0 Å². The minimum absolute atomic E-state index is 0.00219. The van der Waals surface area contributed by atoms with Crippen LogP contribution in [0.3, 0.4) is 0 Å². The fourth-order valence-electron chi connectivity index (χ4n) is 3.13. The fourth-order valence-corrected chi connectivity index (χ4v) is 5.70. The second-order valence-corrected chi connectivity index (χ2v) is 10.7. The molecule has 2 N–H and O–H groups in total. The summed E-state index contributed by atoms with van der Waals surface area (Å²) in [5.41, 5.74) is 1.32. The van der Waals surface area contributed by atoms with Crippen molar-refractivity contribution in [2.45, 2.75) is 23.6 Å². The Morgan fingerprint density at radius 2 is 1.76 bits per heavy atom. The number of anilines is 2. The quantitative estimate of drug-likeness (QED) is 0.530. The molecule has 1 aliphatic heterocycles. The second kappa shape index (κ2) is 8.01. The van der Waals surface area contributed by atoms with Crippen molar-refractivity contribution in [3.05, 3.63) is 65.4 Å². The average Bonchev–Trinajstić information content (AvgIpc) is 3.17. The predicted octanol–water partition coefficient (Wildman–Crippen LogP) is 1.88. The lowest BCUT2D eigenvalue weighted by Gasteiger charge is -2.15. The Hall–Kier alpha value is -3.71. The van der Waals surface area contributed by atoms with Crippen molar-refractivity contribution in [3.63, 3.8) is 0 Å². The molecule has 0 aliphatic carbocycles. The highest BCUT2D eigenvalue weighted by Gasteiger charge is 2.41. The molecule has 0 bridgehead atoms. The van der Waals surface area contributed by atoms with Gasteiger partial charge in [0.15, 0.2) is 0 Å². The van der Waals surface area contributed by atoms with Crippen LogP contribution in [0.25, 0.3) is 0 Å². The van der Waals surface area contributed by atoms with Gasteiger partial charge in [-0.05, 0) is 50.2 Å². The SMILES string of the molecule is Cc1noc(NS(=O)(=O)c2ccc(NC(=O)CN3C(=O)c4ccccc4S3(=O)=O)cc2)c1C. The van der Waals surface area contributed by atoms with Crippen molar-refractivity contribution in [2.24, 2.45) is 0 Å². The monoisotopic (exact) mass is 490 g/mol. The summed E-state index contributed by atoms with van der Waals surface area (Å²) in [6.07, 6.45) is 0. The number of benzene rings is 2. The molecule has 1 aromatic heterocycles. The first-order valence-electron chi connectivity index (χ1n) is 9.52. The summed E-state index contributed by atoms with van der Waals surface area (Å²) in [7, 11) is -8.09. The van der Waals surface area contributed by atoms with Gasteiger partial charge in [-0.25, -0.2) is 25.9 Å². The van der Waals surface area contributed by atoms with Crippen LogP contribution in [-0.4, -0.2) is 44.7 Å². The molecule has 0 saturated carbocycles. The minimum Gasteiger partial charge on any atom is -0.337 e. The zero-order valence-corrected chi connectivity index (χ0v) is 19.0. The second-order valence-electron chi connectivity index (χ2n) is 7.21. The van der Waals surface area contributed by atoms with Crippen LogP contribution in [0.2, 0.25) is 0 Å². The van der Waals surface area contributed by atoms with E-state index >= 15 is 0 Å². The molecular weight excluding hydrogens is 472 g/mol. The Morgan fingerprint density at radius 3 is 2.36 bits per heavy atom. The van der Waals surface area contributed by atoms with Gasteiger partial charge >= 0.3 is 0 Å². The van der Waals surface area contributed by atoms with Crippen molar-refractivity contribution >= 4 is 43.4 Å². The number of rotatable bonds is 6. The topological polar surface area (TPSA) is 156 Å². The number of carbonyl (C=O) groups excluding carboxylic acids is 2. The molecule has 4 rings (SSSR count). The summed E-state index contributed by atoms with van der Waals surface area (Å²) >= 11 is 0. The van der Waals surface area contributed by atoms with E-state index in [0.717, 1.165) is 0 Å². The zero-order chi connectivity index (χ0) is 24.0. The number of nitrogens with zero attached hydrogens (tertiary/aromatic N) is 2. The third kappa shape index (κ3) is 4.07. The maximum absolute atomic E-state index is 12.6. The summed E-state index contributed by atoms with van der Waals surface area (Å²) in [6.45, 7) is 2.61. The van der Waals surface area contributed by atoms with Crippen molar-refractivity contribution in [1.29, 1.82) is 0 Å². The molecule has 1 aliphatic rings. The van der Waals surface area contributed by atoms with Gasteiger partial charge in [0.2, 0.25) is 11.8 Å². The van der Waals surface area contributed by atoms with E-state index in [4.69, 9.17) is 4.52 Å². The minimum atomic E-state index is -4.12. The van der Waals surface area contributed by atoms with Gasteiger partial charge in [-0.1, -0.05) is 17.3 Å². The van der Waals surface area contributed by atoms with Gasteiger partial charge in [-0.3, -0.25) is 9.59 Å². The van der Waals surface area contributed by atoms with Gasteiger partial charge in [0.25, 0.3) is 26.0 Å². The molecule has 11 nitrogen and oxygen atoms in total. The number of hydrogen-bond acceptors (Lipinski definition) is 8. The summed E-state index contributed by atoms with van der Waals surface area (Å²) in [5, 5.41) is 6.15. The maximum Gasteiger partial charge on any atom is 0.269 e. The Morgan fingerprint density at radius 1 is 1.09 bits per heavy atom. The number of amides is 2. The van der Waals surface area contributed by atoms with Crippen molar-refractivity contribution in [2.75, 3.05) is 16.6 Å². The van der Waals surface area contributed by atoms with Gasteiger partial charge < -0.3 is 9.84 Å². The van der Waals surface area contributed by atoms with Crippen LogP contribution in [0, 0.1) is 13.8 Å². The summed E-state index contributed by atoms with van der Waals surface area (Å²) in [4.78, 5) is 24.6. The van der Waals surface area contributed by atoms with Gasteiger partial charge in [-0.2, -0.15) is 0 Å². The van der Waals surface area contributed by atoms with E-state index in [1.165, 1.54) is 48.5 Å². The molecule has 0 radical (unpaired) electrons. The number of fused-ring (bicyclic) bond motifs is 1. The fraction of sp³-hybridized carbons (Fsp3) is 0.150. The molecule has 2 heterocycles. The van der Waals surface area contributed by atoms with E-state index in [9.17, 15) is 26.4 Å². The first-order chi connectivity index (χ1) is 15.5. The highest BCUT2D eigenvalue weighted by Crippen LogP contribution is 2.29. The summed E-state index contributed by atoms with van der Waals surface area (Å²) in [5.74, 6) is -1.55. The van der Waals surface area contributed by atoms with E-state index in [1.54, 1.807) is 13.8 Å². The van der Waals surface area contributed by atoms with Crippen LogP contribution >= 0.6 is 0 Å². The number of aryl methyl sites for hydroxylation is 1. The van der Waals surface area contributed by atoms with E-state index in [0.29, 0.717) is 15.6 Å². The normalized spacial score (nSPS) is 14.7. The highest BCUT2D eigenvalue weighted by atomic mass is 32.2. The standard InChI is InChI=1S/C20H18N4O7S2/c1-12-13(2)22-31-19(12)23-32(27,28)15-9-7-14(8-10-15)21-18(25)11-24-20(26)16-5-3-4-6-17(16)33(24,29)30/h3-10,23H,11H2,1-2H3,(H,21,25). The highest BCUT2D eigenvalue weighted by molar-refractivity contribution is 7.92. The van der Waals surface area contributed by atoms with Gasteiger partial charge in [0.1, 0.15) is 11.4 Å². The van der Waals surface area contributed by atoms with Crippen molar-refractivity contribution in [1.82, 2.24) is 9.46 Å². The van der Waals surface area contributed by atoms with Gasteiger partial charge in [0, 0.05) is 11.3 Å². The van der Waals surface area contributed by atoms with Crippen LogP contribution in [-0.2, 0) is 24.8 Å². The molecule has 172 valence electrons. The van der Waals surface area contributed by atoms with Crippen molar-refractivity contribution < 1.29 is 30.9 Å². The molecule has 0 saturated heterocycles. The predicted molar refractivity (Wildman–Crippen MR) is 117 cm³/mol. The summed E-state index contributed by atoms with van der Waals surface area (Å²) < 4.78 is 58.0. The number of carbonyl (C=O) groups is 2. The van der Waals surface area contributed by atoms with E-state index < -0.39 is 38.4 Å². The third-order valence-electron chi connectivity index (χ3n) is 5.03. The molecule has 33 heavy (non-hydrogen) atoms. The van der Waals surface area contributed by atoms with Gasteiger partial charge in [0.05, 0.1) is 16.2 Å². The van der Waals surface area contributed by atoms with Crippen LogP contribution in [0.5, 0.6) is 0 Å². The molecular formula is C20H18N4O7S2. The van der Waals surface area contributed by atoms with E-state index in [2.05, 4.69) is 15.2 Å². The zero-order valence-electron chi connectivity index (χ0n) is 17.4. The third-order valence-corrected chi connectivity index (χ3v) is 8.17. The van der Waals surface area contributed by atoms with Crippen LogP contribution < -0.4 is 10.0 Å². The molecule has 0 fully saturated rings. The number of hydrogen-bond donors (Lipinski definition) is 2. The largest absolute Gasteiger partial charge is 0.337 e. The number of sulfonamides is 2. The molecule has 0 atom stereocenters. The number of nitrogens with one attached hydrogen (secondary N) is 2. The molecule has 0 spiro atoms. The van der Waals surface area contributed by atoms with Crippen LogP contribution in [0.15, 0.2) is 62.8 Å². The Bertz CT molecular complexity index is 1480. The average molecular weight is 491 g/mol. The lowest BCUT2D eigenvalue weighted by Crippen LogP contribution is -2.37. The molecule has 13 heteroatoms. The molecule has 2 aromatic carbocycles. The Kier molecular flexibility index (Phi) is 5.46. The summed E-state index contributed by atoms with van der Waals surface area (Å²) in [6, 6.07) is 10.9. The molecule has 0 unspecified atom stereocenters. The maximum atomic E-state index is 12.6. The van der Waals surface area contributed by atoms with Crippen LogP contribution in [0.1, 0.15) is 21.6 Å². The first kappa shape index (κ1) is 22.5. The smallest absolute Gasteiger partial charge is 0.269 e. The Labute approximate surface area is 189 Å². The van der Waals surface area contributed by atoms with Crippen LogP contribution in [0.4, 0.5) is 11.6 Å². The van der Waals surface area contributed by atoms with Crippen molar-refractivity contribution in [3.8, 4) is 0 Å². The molecule has 2 amide bonds. The molecule has 3 aromatic rings. The lowest BCUT2D eigenvalue weighted by atomic mass is 10.2. The lowest BCUT2D eigenvalue weighted by molar-refractivity contribution is -0.116. The van der Waals surface area contributed by atoms with E-state index in [-0.39, 0.29) is 26.9 Å².